The average molecular weight is 351 g/mol. The van der Waals surface area contributed by atoms with Crippen molar-refractivity contribution in [3.63, 3.8) is 0 Å². The van der Waals surface area contributed by atoms with Crippen molar-refractivity contribution in [2.24, 2.45) is 4.99 Å². The van der Waals surface area contributed by atoms with Gasteiger partial charge in [-0.05, 0) is 60.2 Å². The van der Waals surface area contributed by atoms with Gasteiger partial charge in [0.1, 0.15) is 0 Å². The maximum absolute atomic E-state index is 12.1. The highest BCUT2D eigenvalue weighted by molar-refractivity contribution is 8.18. The minimum absolute atomic E-state index is 0.117. The molecule has 0 aromatic heterocycles. The van der Waals surface area contributed by atoms with E-state index in [1.165, 1.54) is 18.7 Å². The number of amides is 2. The number of amidine groups is 1. The van der Waals surface area contributed by atoms with Crippen molar-refractivity contribution in [2.45, 2.75) is 13.8 Å². The molecule has 0 unspecified atom stereocenters. The lowest BCUT2D eigenvalue weighted by molar-refractivity contribution is -0.115. The Morgan fingerprint density at radius 1 is 1.20 bits per heavy atom. The molecule has 2 amide bonds. The Balaban J connectivity index is 1.76. The monoisotopic (exact) mass is 351 g/mol. The van der Waals surface area contributed by atoms with E-state index in [9.17, 15) is 9.59 Å². The van der Waals surface area contributed by atoms with Crippen LogP contribution in [0.2, 0.25) is 0 Å². The number of aryl methyl sites for hydroxylation is 1. The predicted molar refractivity (Wildman–Crippen MR) is 103 cm³/mol. The molecule has 126 valence electrons. The van der Waals surface area contributed by atoms with Crippen LogP contribution in [-0.4, -0.2) is 17.0 Å². The Kier molecular flexibility index (Phi) is 5.00. The van der Waals surface area contributed by atoms with Crippen molar-refractivity contribution in [1.82, 2.24) is 5.32 Å². The first kappa shape index (κ1) is 17.0. The Hall–Kier alpha value is -2.86. The molecule has 1 heterocycles. The van der Waals surface area contributed by atoms with Crippen molar-refractivity contribution in [3.05, 3.63) is 64.6 Å². The van der Waals surface area contributed by atoms with Crippen LogP contribution in [0.25, 0.3) is 6.08 Å². The highest BCUT2D eigenvalue weighted by Gasteiger charge is 2.23. The van der Waals surface area contributed by atoms with E-state index in [4.69, 9.17) is 0 Å². The molecule has 0 aliphatic carbocycles. The molecular formula is C19H17N3O2S. The second kappa shape index (κ2) is 7.36. The van der Waals surface area contributed by atoms with Gasteiger partial charge in [0.25, 0.3) is 5.91 Å². The number of hydrogen-bond acceptors (Lipinski definition) is 4. The largest absolute Gasteiger partial charge is 0.326 e. The van der Waals surface area contributed by atoms with Gasteiger partial charge in [0.15, 0.2) is 5.17 Å². The summed E-state index contributed by atoms with van der Waals surface area (Å²) in [6.07, 6.45) is 1.80. The van der Waals surface area contributed by atoms with Crippen LogP contribution in [0.15, 0.2) is 58.4 Å². The highest BCUT2D eigenvalue weighted by atomic mass is 32.2. The summed E-state index contributed by atoms with van der Waals surface area (Å²) < 4.78 is 0. The van der Waals surface area contributed by atoms with E-state index in [0.29, 0.717) is 10.1 Å². The van der Waals surface area contributed by atoms with Crippen molar-refractivity contribution in [3.8, 4) is 0 Å². The molecule has 2 aromatic carbocycles. The van der Waals surface area contributed by atoms with E-state index in [0.717, 1.165) is 22.5 Å². The summed E-state index contributed by atoms with van der Waals surface area (Å²) >= 11 is 1.31. The lowest BCUT2D eigenvalue weighted by Crippen LogP contribution is -2.19. The lowest BCUT2D eigenvalue weighted by Gasteiger charge is -2.02. The van der Waals surface area contributed by atoms with Gasteiger partial charge in [-0.1, -0.05) is 24.3 Å². The third kappa shape index (κ3) is 4.58. The predicted octanol–water partition coefficient (Wildman–Crippen LogP) is 3.85. The summed E-state index contributed by atoms with van der Waals surface area (Å²) in [5, 5.41) is 6.05. The third-order valence-electron chi connectivity index (χ3n) is 3.41. The highest BCUT2D eigenvalue weighted by Crippen LogP contribution is 2.28. The molecule has 2 aromatic rings. The van der Waals surface area contributed by atoms with Crippen molar-refractivity contribution < 1.29 is 9.59 Å². The number of carbonyl (C=O) groups is 2. The van der Waals surface area contributed by atoms with E-state index in [2.05, 4.69) is 15.6 Å². The first-order valence-corrected chi connectivity index (χ1v) is 8.55. The van der Waals surface area contributed by atoms with Gasteiger partial charge in [-0.2, -0.15) is 0 Å². The van der Waals surface area contributed by atoms with Crippen LogP contribution in [0, 0.1) is 6.92 Å². The number of thioether (sulfide) groups is 1. The van der Waals surface area contributed by atoms with E-state index in [1.54, 1.807) is 18.2 Å². The molecule has 25 heavy (non-hydrogen) atoms. The summed E-state index contributed by atoms with van der Waals surface area (Å²) in [7, 11) is 0. The van der Waals surface area contributed by atoms with Gasteiger partial charge in [0, 0.05) is 12.6 Å². The Morgan fingerprint density at radius 3 is 2.64 bits per heavy atom. The van der Waals surface area contributed by atoms with E-state index in [1.807, 2.05) is 43.3 Å². The number of anilines is 1. The summed E-state index contributed by atoms with van der Waals surface area (Å²) in [4.78, 5) is 28.2. The molecule has 0 saturated carbocycles. The van der Waals surface area contributed by atoms with Gasteiger partial charge < -0.3 is 10.6 Å². The average Bonchev–Trinajstić information content (AvgIpc) is 2.88. The van der Waals surface area contributed by atoms with Gasteiger partial charge in [0.2, 0.25) is 5.91 Å². The smallest absolute Gasteiger partial charge is 0.264 e. The maximum atomic E-state index is 12.1. The molecule has 0 radical (unpaired) electrons. The Morgan fingerprint density at radius 2 is 1.96 bits per heavy atom. The zero-order valence-corrected chi connectivity index (χ0v) is 14.7. The molecular weight excluding hydrogens is 334 g/mol. The zero-order chi connectivity index (χ0) is 17.8. The van der Waals surface area contributed by atoms with Crippen molar-refractivity contribution >= 4 is 46.2 Å². The number of aliphatic imine (C=N–C) groups is 1. The summed E-state index contributed by atoms with van der Waals surface area (Å²) in [5.74, 6) is -0.281. The minimum Gasteiger partial charge on any atom is -0.326 e. The molecule has 5 nitrogen and oxygen atoms in total. The SMILES string of the molecule is CC(=O)Nc1ccc(/C=C2/SC(=Nc3cccc(C)c3)NC2=O)cc1. The molecule has 1 saturated heterocycles. The van der Waals surface area contributed by atoms with Crippen LogP contribution in [0.1, 0.15) is 18.1 Å². The van der Waals surface area contributed by atoms with Crippen LogP contribution in [0.5, 0.6) is 0 Å². The van der Waals surface area contributed by atoms with E-state index >= 15 is 0 Å². The van der Waals surface area contributed by atoms with Crippen LogP contribution in [0.4, 0.5) is 11.4 Å². The number of carbonyl (C=O) groups excluding carboxylic acids is 2. The van der Waals surface area contributed by atoms with Gasteiger partial charge in [-0.3, -0.25) is 9.59 Å². The Labute approximate surface area is 150 Å². The van der Waals surface area contributed by atoms with E-state index in [-0.39, 0.29) is 11.8 Å². The lowest BCUT2D eigenvalue weighted by atomic mass is 10.2. The zero-order valence-electron chi connectivity index (χ0n) is 13.9. The number of benzene rings is 2. The second-order valence-corrected chi connectivity index (χ2v) is 6.65. The summed E-state index contributed by atoms with van der Waals surface area (Å²) in [5.41, 5.74) is 3.53. The number of hydrogen-bond donors (Lipinski definition) is 2. The molecule has 6 heteroatoms. The Bertz CT molecular complexity index is 886. The molecule has 1 aliphatic heterocycles. The van der Waals surface area contributed by atoms with Gasteiger partial charge in [0.05, 0.1) is 10.6 Å². The fourth-order valence-corrected chi connectivity index (χ4v) is 3.15. The van der Waals surface area contributed by atoms with Crippen LogP contribution in [-0.2, 0) is 9.59 Å². The fraction of sp³-hybridized carbons (Fsp3) is 0.105. The molecule has 1 fully saturated rings. The third-order valence-corrected chi connectivity index (χ3v) is 4.32. The quantitative estimate of drug-likeness (QED) is 0.825. The topological polar surface area (TPSA) is 70.6 Å². The molecule has 0 bridgehead atoms. The maximum Gasteiger partial charge on any atom is 0.264 e. The van der Waals surface area contributed by atoms with Gasteiger partial charge in [-0.25, -0.2) is 4.99 Å². The normalized spacial score (nSPS) is 17.0. The summed E-state index contributed by atoms with van der Waals surface area (Å²) in [6.45, 7) is 3.46. The minimum atomic E-state index is -0.164. The molecule has 0 spiro atoms. The van der Waals surface area contributed by atoms with E-state index < -0.39 is 0 Å². The molecule has 0 atom stereocenters. The van der Waals surface area contributed by atoms with Crippen LogP contribution < -0.4 is 10.6 Å². The first-order chi connectivity index (χ1) is 12.0. The van der Waals surface area contributed by atoms with Crippen molar-refractivity contribution in [2.75, 3.05) is 5.32 Å². The second-order valence-electron chi connectivity index (χ2n) is 5.62. The summed E-state index contributed by atoms with van der Waals surface area (Å²) in [6, 6.07) is 15.1. The van der Waals surface area contributed by atoms with Crippen LogP contribution >= 0.6 is 11.8 Å². The van der Waals surface area contributed by atoms with Crippen LogP contribution in [0.3, 0.4) is 0 Å². The van der Waals surface area contributed by atoms with Crippen molar-refractivity contribution in [1.29, 1.82) is 0 Å². The first-order valence-electron chi connectivity index (χ1n) is 7.73. The standard InChI is InChI=1S/C19H17N3O2S/c1-12-4-3-5-16(10-12)21-19-22-18(24)17(25-19)11-14-6-8-15(9-7-14)20-13(2)23/h3-11H,1-2H3,(H,20,23)(H,21,22,24)/b17-11+. The molecule has 3 rings (SSSR count). The molecule has 2 N–H and O–H groups in total. The number of nitrogens with zero attached hydrogens (tertiary/aromatic N) is 1. The van der Waals surface area contributed by atoms with Gasteiger partial charge >= 0.3 is 0 Å². The van der Waals surface area contributed by atoms with Gasteiger partial charge in [-0.15, -0.1) is 0 Å². The fourth-order valence-electron chi connectivity index (χ4n) is 2.31. The molecule has 1 aliphatic rings. The number of rotatable bonds is 3. The number of nitrogens with one attached hydrogen (secondary N) is 2.